The Hall–Kier alpha value is -1.04. The summed E-state index contributed by atoms with van der Waals surface area (Å²) in [5, 5.41) is 14.6. The van der Waals surface area contributed by atoms with E-state index in [4.69, 9.17) is 4.98 Å². The number of nitrogens with one attached hydrogen (secondary N) is 1. The van der Waals surface area contributed by atoms with Crippen LogP contribution in [0.15, 0.2) is 24.3 Å². The van der Waals surface area contributed by atoms with E-state index in [2.05, 4.69) is 36.8 Å². The molecule has 3 unspecified atom stereocenters. The molecule has 1 aromatic carbocycles. The number of hydrogen-bond donors (Lipinski definition) is 2. The van der Waals surface area contributed by atoms with Crippen LogP contribution < -0.4 is 5.32 Å². The Bertz CT molecular complexity index is 656. The first kappa shape index (κ1) is 15.8. The standard InChI is InChI=1S/C17H25N3OS/c1-4-22-15-9-10-17(15,21)11-18-12(2)16-19-13-7-5-6-8-14(13)20(16)3/h5-8,12,15,18,21H,4,9-11H2,1-3H3. The molecule has 4 nitrogen and oxygen atoms in total. The predicted molar refractivity (Wildman–Crippen MR) is 93.2 cm³/mol. The number of aryl methyl sites for hydroxylation is 1. The van der Waals surface area contributed by atoms with Crippen molar-refractivity contribution < 1.29 is 5.11 Å². The van der Waals surface area contributed by atoms with Gasteiger partial charge in [0.05, 0.1) is 22.7 Å². The second-order valence-corrected chi connectivity index (χ2v) is 7.69. The van der Waals surface area contributed by atoms with Crippen molar-refractivity contribution in [2.45, 2.75) is 43.6 Å². The lowest BCUT2D eigenvalue weighted by atomic mass is 9.79. The topological polar surface area (TPSA) is 50.1 Å². The number of fused-ring (bicyclic) bond motifs is 1. The molecule has 120 valence electrons. The molecular weight excluding hydrogens is 294 g/mol. The zero-order valence-corrected chi connectivity index (χ0v) is 14.4. The Morgan fingerprint density at radius 1 is 1.50 bits per heavy atom. The molecule has 0 bridgehead atoms. The summed E-state index contributed by atoms with van der Waals surface area (Å²) in [5.74, 6) is 2.08. The normalized spacial score (nSPS) is 26.1. The lowest BCUT2D eigenvalue weighted by Crippen LogP contribution is -2.56. The zero-order valence-electron chi connectivity index (χ0n) is 13.5. The number of aliphatic hydroxyl groups is 1. The van der Waals surface area contributed by atoms with Crippen LogP contribution >= 0.6 is 11.8 Å². The Morgan fingerprint density at radius 2 is 2.27 bits per heavy atom. The van der Waals surface area contributed by atoms with E-state index in [0.29, 0.717) is 11.8 Å². The van der Waals surface area contributed by atoms with Crippen LogP contribution in [0.5, 0.6) is 0 Å². The number of benzene rings is 1. The van der Waals surface area contributed by atoms with Crippen LogP contribution in [0.3, 0.4) is 0 Å². The summed E-state index contributed by atoms with van der Waals surface area (Å²) in [6, 6.07) is 8.30. The number of rotatable bonds is 6. The average molecular weight is 319 g/mol. The van der Waals surface area contributed by atoms with Gasteiger partial charge >= 0.3 is 0 Å². The van der Waals surface area contributed by atoms with Crippen molar-refractivity contribution in [3.05, 3.63) is 30.1 Å². The SMILES string of the molecule is CCSC1CCC1(O)CNC(C)c1nc2ccccc2n1C. The van der Waals surface area contributed by atoms with Crippen molar-refractivity contribution in [2.75, 3.05) is 12.3 Å². The van der Waals surface area contributed by atoms with Gasteiger partial charge < -0.3 is 15.0 Å². The van der Waals surface area contributed by atoms with Gasteiger partial charge in [0.2, 0.25) is 0 Å². The average Bonchev–Trinajstić information content (AvgIpc) is 2.86. The van der Waals surface area contributed by atoms with Gasteiger partial charge in [-0.1, -0.05) is 19.1 Å². The van der Waals surface area contributed by atoms with Gasteiger partial charge in [-0.15, -0.1) is 0 Å². The van der Waals surface area contributed by atoms with Crippen LogP contribution in [0.1, 0.15) is 38.6 Å². The molecule has 2 aromatic rings. The van der Waals surface area contributed by atoms with Crippen LogP contribution in [0.25, 0.3) is 11.0 Å². The van der Waals surface area contributed by atoms with Crippen molar-refractivity contribution >= 4 is 22.8 Å². The maximum absolute atomic E-state index is 10.7. The molecule has 0 spiro atoms. The van der Waals surface area contributed by atoms with E-state index >= 15 is 0 Å². The number of hydrogen-bond acceptors (Lipinski definition) is 4. The molecule has 0 amide bonds. The first-order valence-corrected chi connectivity index (χ1v) is 9.09. The van der Waals surface area contributed by atoms with E-state index < -0.39 is 5.60 Å². The highest BCUT2D eigenvalue weighted by atomic mass is 32.2. The molecule has 1 aromatic heterocycles. The van der Waals surface area contributed by atoms with Crippen LogP contribution in [-0.4, -0.2) is 37.8 Å². The highest BCUT2D eigenvalue weighted by molar-refractivity contribution is 8.00. The summed E-state index contributed by atoms with van der Waals surface area (Å²) < 4.78 is 2.14. The fourth-order valence-electron chi connectivity index (χ4n) is 3.21. The lowest BCUT2D eigenvalue weighted by Gasteiger charge is -2.45. The van der Waals surface area contributed by atoms with Crippen LogP contribution in [0, 0.1) is 0 Å². The summed E-state index contributed by atoms with van der Waals surface area (Å²) in [6.07, 6.45) is 2.02. The largest absolute Gasteiger partial charge is 0.387 e. The molecule has 0 radical (unpaired) electrons. The first-order chi connectivity index (χ1) is 10.5. The Labute approximate surface area is 136 Å². The highest BCUT2D eigenvalue weighted by Crippen LogP contribution is 2.41. The van der Waals surface area contributed by atoms with Gasteiger partial charge in [0.15, 0.2) is 0 Å². The van der Waals surface area contributed by atoms with Crippen molar-refractivity contribution in [1.29, 1.82) is 0 Å². The molecule has 5 heteroatoms. The highest BCUT2D eigenvalue weighted by Gasteiger charge is 2.45. The molecule has 1 aliphatic carbocycles. The second kappa shape index (κ2) is 6.22. The third kappa shape index (κ3) is 2.77. The van der Waals surface area contributed by atoms with Crippen LogP contribution in [0.4, 0.5) is 0 Å². The molecule has 3 atom stereocenters. The molecule has 1 fully saturated rings. The second-order valence-electron chi connectivity index (χ2n) is 6.21. The number of thioether (sulfide) groups is 1. The summed E-state index contributed by atoms with van der Waals surface area (Å²) in [5.41, 5.74) is 1.61. The van der Waals surface area contributed by atoms with E-state index in [1.165, 1.54) is 0 Å². The fourth-order valence-corrected chi connectivity index (χ4v) is 4.41. The maximum Gasteiger partial charge on any atom is 0.126 e. The Kier molecular flexibility index (Phi) is 4.48. The third-order valence-electron chi connectivity index (χ3n) is 4.73. The van der Waals surface area contributed by atoms with Crippen molar-refractivity contribution in [1.82, 2.24) is 14.9 Å². The Balaban J connectivity index is 1.69. The van der Waals surface area contributed by atoms with Gasteiger partial charge in [-0.2, -0.15) is 11.8 Å². The molecule has 2 N–H and O–H groups in total. The van der Waals surface area contributed by atoms with E-state index in [0.717, 1.165) is 35.5 Å². The number of imidazole rings is 1. The quantitative estimate of drug-likeness (QED) is 0.859. The first-order valence-electron chi connectivity index (χ1n) is 8.04. The molecule has 1 heterocycles. The summed E-state index contributed by atoms with van der Waals surface area (Å²) >= 11 is 1.87. The minimum atomic E-state index is -0.556. The molecule has 0 saturated heterocycles. The van der Waals surface area contributed by atoms with Gasteiger partial charge in [0.1, 0.15) is 5.82 Å². The summed E-state index contributed by atoms with van der Waals surface area (Å²) in [7, 11) is 2.05. The van der Waals surface area contributed by atoms with Gasteiger partial charge in [-0.05, 0) is 37.7 Å². The van der Waals surface area contributed by atoms with Crippen LogP contribution in [0.2, 0.25) is 0 Å². The number of nitrogens with zero attached hydrogens (tertiary/aromatic N) is 2. The van der Waals surface area contributed by atoms with Crippen molar-refractivity contribution in [3.8, 4) is 0 Å². The van der Waals surface area contributed by atoms with E-state index in [1.54, 1.807) is 0 Å². The van der Waals surface area contributed by atoms with Crippen molar-refractivity contribution in [3.63, 3.8) is 0 Å². The lowest BCUT2D eigenvalue weighted by molar-refractivity contribution is -0.0251. The third-order valence-corrected chi connectivity index (χ3v) is 6.14. The van der Waals surface area contributed by atoms with E-state index in [-0.39, 0.29) is 6.04 Å². The van der Waals surface area contributed by atoms with E-state index in [1.807, 2.05) is 30.0 Å². The Morgan fingerprint density at radius 3 is 2.91 bits per heavy atom. The molecule has 1 aliphatic rings. The molecule has 1 saturated carbocycles. The van der Waals surface area contributed by atoms with Crippen LogP contribution in [-0.2, 0) is 7.05 Å². The molecular formula is C17H25N3OS. The summed E-state index contributed by atoms with van der Waals surface area (Å²) in [4.78, 5) is 4.73. The molecule has 22 heavy (non-hydrogen) atoms. The van der Waals surface area contributed by atoms with Gasteiger partial charge in [0, 0.05) is 18.8 Å². The molecule has 3 rings (SSSR count). The summed E-state index contributed by atoms with van der Waals surface area (Å²) in [6.45, 7) is 4.90. The van der Waals surface area contributed by atoms with Gasteiger partial charge in [-0.25, -0.2) is 4.98 Å². The minimum absolute atomic E-state index is 0.120. The number of para-hydroxylation sites is 2. The maximum atomic E-state index is 10.7. The van der Waals surface area contributed by atoms with E-state index in [9.17, 15) is 5.11 Å². The zero-order chi connectivity index (χ0) is 15.7. The monoisotopic (exact) mass is 319 g/mol. The number of aromatic nitrogens is 2. The minimum Gasteiger partial charge on any atom is -0.387 e. The predicted octanol–water partition coefficient (Wildman–Crippen LogP) is 2.87. The molecule has 0 aliphatic heterocycles. The fraction of sp³-hybridized carbons (Fsp3) is 0.588. The smallest absolute Gasteiger partial charge is 0.126 e. The van der Waals surface area contributed by atoms with Gasteiger partial charge in [0.25, 0.3) is 0 Å². The van der Waals surface area contributed by atoms with Crippen molar-refractivity contribution in [2.24, 2.45) is 7.05 Å². The van der Waals surface area contributed by atoms with Gasteiger partial charge in [-0.3, -0.25) is 0 Å².